The number of para-hydroxylation sites is 1. The van der Waals surface area contributed by atoms with Crippen molar-refractivity contribution in [3.63, 3.8) is 0 Å². The number of carbonyl (C=O) groups is 2. The van der Waals surface area contributed by atoms with Crippen LogP contribution in [0.1, 0.15) is 19.4 Å². The predicted octanol–water partition coefficient (Wildman–Crippen LogP) is 4.98. The maximum Gasteiger partial charge on any atom is 0.243 e. The average molecular weight is 407 g/mol. The minimum atomic E-state index is -0.281. The second kappa shape index (κ2) is 9.61. The van der Waals surface area contributed by atoms with Gasteiger partial charge in [0.05, 0.1) is 11.8 Å². The summed E-state index contributed by atoms with van der Waals surface area (Å²) in [6.45, 7) is 3.95. The van der Waals surface area contributed by atoms with Crippen LogP contribution in [0.4, 0.5) is 5.69 Å². The number of rotatable bonds is 7. The lowest BCUT2D eigenvalue weighted by molar-refractivity contribution is -0.132. The monoisotopic (exact) mass is 406 g/mol. The molecule has 4 nitrogen and oxygen atoms in total. The Kier molecular flexibility index (Phi) is 6.94. The minimum Gasteiger partial charge on any atom is -0.335 e. The lowest BCUT2D eigenvalue weighted by atomic mass is 10.1. The minimum absolute atomic E-state index is 0.0273. The standard InChI is InChI=1S/C24H26N2O2S/c1-4-18-9-7-8-12-22(18)25-23(27)16-26(3)24(28)17(2)29-21-14-13-19-10-5-6-11-20(19)15-21/h5-15,17H,4,16H2,1-3H3,(H,25,27). The molecule has 150 valence electrons. The number of aryl methyl sites for hydroxylation is 1. The molecule has 0 spiro atoms. The van der Waals surface area contributed by atoms with E-state index >= 15 is 0 Å². The number of carbonyl (C=O) groups excluding carboxylic acids is 2. The van der Waals surface area contributed by atoms with Crippen molar-refractivity contribution in [2.24, 2.45) is 0 Å². The summed E-state index contributed by atoms with van der Waals surface area (Å²) >= 11 is 1.51. The molecule has 0 aliphatic rings. The van der Waals surface area contributed by atoms with Crippen LogP contribution in [0.2, 0.25) is 0 Å². The molecular weight excluding hydrogens is 380 g/mol. The van der Waals surface area contributed by atoms with Gasteiger partial charge in [0, 0.05) is 17.6 Å². The summed E-state index contributed by atoms with van der Waals surface area (Å²) in [4.78, 5) is 27.7. The van der Waals surface area contributed by atoms with E-state index < -0.39 is 0 Å². The highest BCUT2D eigenvalue weighted by atomic mass is 32.2. The van der Waals surface area contributed by atoms with Gasteiger partial charge in [-0.05, 0) is 47.9 Å². The number of benzene rings is 3. The van der Waals surface area contributed by atoms with Crippen molar-refractivity contribution < 1.29 is 9.59 Å². The summed E-state index contributed by atoms with van der Waals surface area (Å²) in [6, 6.07) is 22.1. The molecular formula is C24H26N2O2S. The number of anilines is 1. The van der Waals surface area contributed by atoms with Crippen LogP contribution in [0.15, 0.2) is 71.6 Å². The van der Waals surface area contributed by atoms with Gasteiger partial charge in [-0.25, -0.2) is 0 Å². The molecule has 1 unspecified atom stereocenters. The van der Waals surface area contributed by atoms with Crippen LogP contribution in [0, 0.1) is 0 Å². The summed E-state index contributed by atoms with van der Waals surface area (Å²) in [5.74, 6) is -0.258. The third-order valence-corrected chi connectivity index (χ3v) is 5.89. The lowest BCUT2D eigenvalue weighted by Crippen LogP contribution is -2.39. The molecule has 0 aliphatic heterocycles. The third kappa shape index (κ3) is 5.39. The molecule has 2 amide bonds. The molecule has 0 aromatic heterocycles. The quantitative estimate of drug-likeness (QED) is 0.563. The second-order valence-electron chi connectivity index (χ2n) is 7.02. The summed E-state index contributed by atoms with van der Waals surface area (Å²) in [5.41, 5.74) is 1.88. The number of nitrogens with zero attached hydrogens (tertiary/aromatic N) is 1. The van der Waals surface area contributed by atoms with Crippen molar-refractivity contribution in [1.29, 1.82) is 0 Å². The highest BCUT2D eigenvalue weighted by Crippen LogP contribution is 2.27. The van der Waals surface area contributed by atoms with Crippen molar-refractivity contribution in [1.82, 2.24) is 4.90 Å². The van der Waals surface area contributed by atoms with Gasteiger partial charge in [-0.1, -0.05) is 55.5 Å². The zero-order valence-electron chi connectivity index (χ0n) is 17.0. The highest BCUT2D eigenvalue weighted by Gasteiger charge is 2.21. The summed E-state index contributed by atoms with van der Waals surface area (Å²) < 4.78 is 0. The average Bonchev–Trinajstić information content (AvgIpc) is 2.73. The van der Waals surface area contributed by atoms with E-state index in [0.29, 0.717) is 0 Å². The molecule has 0 radical (unpaired) electrons. The number of likely N-dealkylation sites (N-methyl/N-ethyl adjacent to an activating group) is 1. The molecule has 0 heterocycles. The molecule has 3 aromatic carbocycles. The highest BCUT2D eigenvalue weighted by molar-refractivity contribution is 8.00. The molecule has 0 saturated heterocycles. The normalized spacial score (nSPS) is 11.8. The van der Waals surface area contributed by atoms with E-state index in [2.05, 4.69) is 29.6 Å². The Balaban J connectivity index is 1.58. The Bertz CT molecular complexity index is 1020. The van der Waals surface area contributed by atoms with Gasteiger partial charge in [-0.2, -0.15) is 0 Å². The number of hydrogen-bond donors (Lipinski definition) is 1. The molecule has 1 N–H and O–H groups in total. The Morgan fingerprint density at radius 3 is 2.45 bits per heavy atom. The van der Waals surface area contributed by atoms with Gasteiger partial charge in [0.25, 0.3) is 0 Å². The molecule has 5 heteroatoms. The first-order valence-electron chi connectivity index (χ1n) is 9.76. The van der Waals surface area contributed by atoms with Crippen molar-refractivity contribution in [3.05, 3.63) is 72.3 Å². The topological polar surface area (TPSA) is 49.4 Å². The fourth-order valence-corrected chi connectivity index (χ4v) is 4.27. The van der Waals surface area contributed by atoms with Gasteiger partial charge in [-0.3, -0.25) is 9.59 Å². The smallest absolute Gasteiger partial charge is 0.243 e. The van der Waals surface area contributed by atoms with Crippen molar-refractivity contribution >= 4 is 40.0 Å². The lowest BCUT2D eigenvalue weighted by Gasteiger charge is -2.21. The zero-order chi connectivity index (χ0) is 20.8. The van der Waals surface area contributed by atoms with Crippen molar-refractivity contribution in [2.75, 3.05) is 18.9 Å². The number of thioether (sulfide) groups is 1. The van der Waals surface area contributed by atoms with E-state index in [4.69, 9.17) is 0 Å². The van der Waals surface area contributed by atoms with E-state index in [1.807, 2.05) is 56.3 Å². The number of nitrogens with one attached hydrogen (secondary N) is 1. The largest absolute Gasteiger partial charge is 0.335 e. The van der Waals surface area contributed by atoms with Crippen LogP contribution in [0.25, 0.3) is 10.8 Å². The second-order valence-corrected chi connectivity index (χ2v) is 8.44. The van der Waals surface area contributed by atoms with Crippen molar-refractivity contribution in [3.8, 4) is 0 Å². The van der Waals surface area contributed by atoms with Crippen molar-refractivity contribution in [2.45, 2.75) is 30.4 Å². The third-order valence-electron chi connectivity index (χ3n) is 4.81. The zero-order valence-corrected chi connectivity index (χ0v) is 17.8. The van der Waals surface area contributed by atoms with Gasteiger partial charge in [0.15, 0.2) is 0 Å². The van der Waals surface area contributed by atoms with Crippen LogP contribution >= 0.6 is 11.8 Å². The summed E-state index contributed by atoms with van der Waals surface area (Å²) in [6.07, 6.45) is 0.838. The van der Waals surface area contributed by atoms with E-state index in [1.165, 1.54) is 22.0 Å². The first kappa shape index (κ1) is 20.9. The van der Waals surface area contributed by atoms with E-state index in [-0.39, 0.29) is 23.6 Å². The Morgan fingerprint density at radius 1 is 1.00 bits per heavy atom. The number of hydrogen-bond acceptors (Lipinski definition) is 3. The van der Waals surface area contributed by atoms with Crippen LogP contribution in [-0.4, -0.2) is 35.6 Å². The predicted molar refractivity (Wildman–Crippen MR) is 121 cm³/mol. The maximum atomic E-state index is 12.7. The van der Waals surface area contributed by atoms with Crippen LogP contribution < -0.4 is 5.32 Å². The van der Waals surface area contributed by atoms with Gasteiger partial charge in [0.2, 0.25) is 11.8 Å². The summed E-state index contributed by atoms with van der Waals surface area (Å²) in [5, 5.41) is 4.97. The molecule has 29 heavy (non-hydrogen) atoms. The van der Waals surface area contributed by atoms with E-state index in [0.717, 1.165) is 28.0 Å². The number of fused-ring (bicyclic) bond motifs is 1. The Morgan fingerprint density at radius 2 is 1.69 bits per heavy atom. The van der Waals surface area contributed by atoms with Gasteiger partial charge in [-0.15, -0.1) is 11.8 Å². The van der Waals surface area contributed by atoms with Gasteiger partial charge < -0.3 is 10.2 Å². The van der Waals surface area contributed by atoms with Crippen LogP contribution in [0.5, 0.6) is 0 Å². The maximum absolute atomic E-state index is 12.7. The molecule has 3 aromatic rings. The first-order valence-corrected chi connectivity index (χ1v) is 10.6. The number of amides is 2. The van der Waals surface area contributed by atoms with Crippen LogP contribution in [0.3, 0.4) is 0 Å². The van der Waals surface area contributed by atoms with Crippen LogP contribution in [-0.2, 0) is 16.0 Å². The Hall–Kier alpha value is -2.79. The van der Waals surface area contributed by atoms with Gasteiger partial charge in [0.1, 0.15) is 0 Å². The molecule has 0 bridgehead atoms. The Labute approximate surface area is 176 Å². The van der Waals surface area contributed by atoms with Gasteiger partial charge >= 0.3 is 0 Å². The fraction of sp³-hybridized carbons (Fsp3) is 0.250. The molecule has 3 rings (SSSR count). The summed E-state index contributed by atoms with van der Waals surface area (Å²) in [7, 11) is 1.67. The van der Waals surface area contributed by atoms with E-state index in [9.17, 15) is 9.59 Å². The fourth-order valence-electron chi connectivity index (χ4n) is 3.24. The molecule has 0 fully saturated rings. The molecule has 0 aliphatic carbocycles. The SMILES string of the molecule is CCc1ccccc1NC(=O)CN(C)C(=O)C(C)Sc1ccc2ccccc2c1. The molecule has 1 atom stereocenters. The molecule has 0 saturated carbocycles. The first-order chi connectivity index (χ1) is 14.0. The van der Waals surface area contributed by atoms with E-state index in [1.54, 1.807) is 7.05 Å².